The van der Waals surface area contributed by atoms with Crippen LogP contribution in [-0.2, 0) is 19.0 Å². The summed E-state index contributed by atoms with van der Waals surface area (Å²) in [6, 6.07) is 0. The third-order valence-electron chi connectivity index (χ3n) is 3.53. The molecule has 0 aromatic carbocycles. The van der Waals surface area contributed by atoms with Crippen molar-refractivity contribution >= 4 is 23.6 Å². The molecule has 1 atom stereocenters. The second kappa shape index (κ2) is 9.44. The summed E-state index contributed by atoms with van der Waals surface area (Å²) in [6.45, 7) is 9.24. The van der Waals surface area contributed by atoms with Gasteiger partial charge in [0.1, 0.15) is 11.0 Å². The van der Waals surface area contributed by atoms with Crippen molar-refractivity contribution in [3.05, 3.63) is 0 Å². The van der Waals surface area contributed by atoms with Crippen LogP contribution in [0.5, 0.6) is 0 Å². The summed E-state index contributed by atoms with van der Waals surface area (Å²) in [5, 5.41) is 4.89. The monoisotopic (exact) mass is 364 g/mol. The van der Waals surface area contributed by atoms with Crippen LogP contribution in [0.2, 0.25) is 0 Å². The summed E-state index contributed by atoms with van der Waals surface area (Å²) in [6.07, 6.45) is 0.868. The first kappa shape index (κ1) is 21.0. The molecule has 1 unspecified atom stereocenters. The Morgan fingerprint density at radius 3 is 2.42 bits per heavy atom. The van der Waals surface area contributed by atoms with Gasteiger partial charge < -0.3 is 24.8 Å². The molecular weight excluding hydrogens is 336 g/mol. The van der Waals surface area contributed by atoms with Crippen molar-refractivity contribution in [3.63, 3.8) is 0 Å². The molecule has 0 radical (unpaired) electrons. The summed E-state index contributed by atoms with van der Waals surface area (Å²) < 4.78 is 16.6. The molecule has 0 saturated carbocycles. The zero-order valence-electron chi connectivity index (χ0n) is 14.9. The van der Waals surface area contributed by atoms with Crippen molar-refractivity contribution in [2.75, 3.05) is 32.9 Å². The summed E-state index contributed by atoms with van der Waals surface area (Å²) >= 11 is 5.69. The number of hydrogen-bond donors (Lipinski definition) is 2. The Morgan fingerprint density at radius 1 is 1.25 bits per heavy atom. The Hall–Kier alpha value is -1.05. The van der Waals surface area contributed by atoms with Crippen LogP contribution in [0.3, 0.4) is 0 Å². The van der Waals surface area contributed by atoms with E-state index >= 15 is 0 Å². The number of halogens is 1. The van der Waals surface area contributed by atoms with Crippen LogP contribution in [0.15, 0.2) is 0 Å². The number of nitrogens with one attached hydrogen (secondary N) is 2. The van der Waals surface area contributed by atoms with Gasteiger partial charge in [-0.1, -0.05) is 0 Å². The van der Waals surface area contributed by atoms with Gasteiger partial charge in [-0.15, -0.1) is 11.6 Å². The molecule has 1 aliphatic rings. The van der Waals surface area contributed by atoms with Gasteiger partial charge in [-0.05, 0) is 27.7 Å². The quantitative estimate of drug-likeness (QED) is 0.531. The molecule has 0 bridgehead atoms. The number of alkyl halides is 1. The maximum atomic E-state index is 11.8. The molecule has 8 heteroatoms. The molecule has 0 spiro atoms. The highest BCUT2D eigenvalue weighted by Gasteiger charge is 2.34. The molecular formula is C16H29ClN2O5. The Kier molecular flexibility index (Phi) is 8.26. The van der Waals surface area contributed by atoms with Gasteiger partial charge in [0.05, 0.1) is 18.8 Å². The first-order chi connectivity index (χ1) is 11.1. The van der Waals surface area contributed by atoms with Crippen LogP contribution >= 0.6 is 11.6 Å². The van der Waals surface area contributed by atoms with Crippen molar-refractivity contribution in [3.8, 4) is 0 Å². The Balaban J connectivity index is 2.45. The number of hydrogen-bond acceptors (Lipinski definition) is 5. The van der Waals surface area contributed by atoms with Gasteiger partial charge in [0.25, 0.3) is 0 Å². The van der Waals surface area contributed by atoms with Gasteiger partial charge >= 0.3 is 6.09 Å². The molecule has 0 aliphatic carbocycles. The van der Waals surface area contributed by atoms with Crippen LogP contribution in [0.1, 0.15) is 40.5 Å². The molecule has 1 heterocycles. The fourth-order valence-corrected chi connectivity index (χ4v) is 2.32. The largest absolute Gasteiger partial charge is 0.444 e. The number of rotatable bonds is 7. The molecule has 1 rings (SSSR count). The van der Waals surface area contributed by atoms with Crippen molar-refractivity contribution in [2.45, 2.75) is 57.1 Å². The van der Waals surface area contributed by atoms with Crippen LogP contribution in [0, 0.1) is 0 Å². The van der Waals surface area contributed by atoms with E-state index in [1.807, 2.05) is 20.8 Å². The summed E-state index contributed by atoms with van der Waals surface area (Å²) in [5.41, 5.74) is -1.05. The highest BCUT2D eigenvalue weighted by molar-refractivity contribution is 6.30. The Morgan fingerprint density at radius 2 is 1.88 bits per heavy atom. The molecule has 140 valence electrons. The second-order valence-corrected chi connectivity index (χ2v) is 7.56. The Bertz CT molecular complexity index is 417. The number of carbonyl (C=O) groups excluding carboxylic acids is 2. The molecule has 2 amide bonds. The van der Waals surface area contributed by atoms with Gasteiger partial charge in [0.15, 0.2) is 0 Å². The minimum absolute atomic E-state index is 0.229. The highest BCUT2D eigenvalue weighted by atomic mass is 35.5. The average Bonchev–Trinajstić information content (AvgIpc) is 2.49. The van der Waals surface area contributed by atoms with E-state index in [1.165, 1.54) is 0 Å². The standard InChI is InChI=1S/C16H29ClN2O5/c1-12(17)13(20)18-7-10-23-16(5-8-22-9-6-16)11-19-14(21)24-15(2,3)4/h12H,5-11H2,1-4H3,(H,18,20)(H,19,21). The number of ether oxygens (including phenoxy) is 3. The van der Waals surface area contributed by atoms with E-state index in [-0.39, 0.29) is 5.91 Å². The minimum atomic E-state index is -0.573. The maximum absolute atomic E-state index is 11.8. The van der Waals surface area contributed by atoms with Crippen molar-refractivity contribution in [1.82, 2.24) is 10.6 Å². The Labute approximate surface area is 148 Å². The molecule has 24 heavy (non-hydrogen) atoms. The van der Waals surface area contributed by atoms with Gasteiger partial charge in [-0.3, -0.25) is 4.79 Å². The van der Waals surface area contributed by atoms with Crippen LogP contribution in [-0.4, -0.2) is 61.5 Å². The number of carbonyl (C=O) groups is 2. The first-order valence-electron chi connectivity index (χ1n) is 8.24. The van der Waals surface area contributed by atoms with Gasteiger partial charge in [0, 0.05) is 32.6 Å². The van der Waals surface area contributed by atoms with Crippen molar-refractivity contribution < 1.29 is 23.8 Å². The van der Waals surface area contributed by atoms with Crippen LogP contribution < -0.4 is 10.6 Å². The van der Waals surface area contributed by atoms with Crippen LogP contribution in [0.25, 0.3) is 0 Å². The summed E-state index contributed by atoms with van der Waals surface area (Å²) in [5.74, 6) is -0.229. The SMILES string of the molecule is CC(Cl)C(=O)NCCOC1(CNC(=O)OC(C)(C)C)CCOCC1. The lowest BCUT2D eigenvalue weighted by atomic mass is 9.94. The lowest BCUT2D eigenvalue weighted by Crippen LogP contribution is -2.50. The summed E-state index contributed by atoms with van der Waals surface area (Å²) in [7, 11) is 0. The van der Waals surface area contributed by atoms with E-state index in [2.05, 4.69) is 10.6 Å². The highest BCUT2D eigenvalue weighted by Crippen LogP contribution is 2.24. The van der Waals surface area contributed by atoms with Gasteiger partial charge in [-0.25, -0.2) is 4.79 Å². The summed E-state index contributed by atoms with van der Waals surface area (Å²) in [4.78, 5) is 23.3. The number of alkyl carbamates (subject to hydrolysis) is 1. The normalized spacial score (nSPS) is 18.5. The lowest BCUT2D eigenvalue weighted by molar-refractivity contribution is -0.123. The molecule has 1 aliphatic heterocycles. The van der Waals surface area contributed by atoms with E-state index in [0.29, 0.717) is 45.8 Å². The molecule has 0 aromatic heterocycles. The zero-order chi connectivity index (χ0) is 18.2. The van der Waals surface area contributed by atoms with Crippen LogP contribution in [0.4, 0.5) is 4.79 Å². The van der Waals surface area contributed by atoms with E-state index < -0.39 is 22.7 Å². The van der Waals surface area contributed by atoms with Crippen molar-refractivity contribution in [2.24, 2.45) is 0 Å². The fraction of sp³-hybridized carbons (Fsp3) is 0.875. The predicted molar refractivity (Wildman–Crippen MR) is 91.3 cm³/mol. The third kappa shape index (κ3) is 8.17. The molecule has 1 saturated heterocycles. The molecule has 1 fully saturated rings. The lowest BCUT2D eigenvalue weighted by Gasteiger charge is -2.37. The van der Waals surface area contributed by atoms with E-state index in [0.717, 1.165) is 0 Å². The zero-order valence-corrected chi connectivity index (χ0v) is 15.7. The maximum Gasteiger partial charge on any atom is 0.407 e. The third-order valence-corrected chi connectivity index (χ3v) is 3.73. The van der Waals surface area contributed by atoms with E-state index in [4.69, 9.17) is 25.8 Å². The molecule has 0 aromatic rings. The predicted octanol–water partition coefficient (Wildman–Crippen LogP) is 1.82. The average molecular weight is 365 g/mol. The van der Waals surface area contributed by atoms with Gasteiger partial charge in [0.2, 0.25) is 5.91 Å². The minimum Gasteiger partial charge on any atom is -0.444 e. The van der Waals surface area contributed by atoms with E-state index in [1.54, 1.807) is 6.92 Å². The number of amides is 2. The fourth-order valence-electron chi connectivity index (χ4n) is 2.25. The second-order valence-electron chi connectivity index (χ2n) is 6.91. The van der Waals surface area contributed by atoms with Crippen molar-refractivity contribution in [1.29, 1.82) is 0 Å². The smallest absolute Gasteiger partial charge is 0.407 e. The first-order valence-corrected chi connectivity index (χ1v) is 8.68. The van der Waals surface area contributed by atoms with E-state index in [9.17, 15) is 9.59 Å². The van der Waals surface area contributed by atoms with Gasteiger partial charge in [-0.2, -0.15) is 0 Å². The molecule has 7 nitrogen and oxygen atoms in total. The topological polar surface area (TPSA) is 85.9 Å². The molecule has 2 N–H and O–H groups in total.